The van der Waals surface area contributed by atoms with E-state index in [1.165, 1.54) is 14.1 Å². The Bertz CT molecular complexity index is 536. The van der Waals surface area contributed by atoms with E-state index in [-0.39, 0.29) is 45.2 Å². The molecule has 0 radical (unpaired) electrons. The summed E-state index contributed by atoms with van der Waals surface area (Å²) in [7, 11) is 2.88. The number of likely N-dealkylation sites (tertiary alicyclic amines) is 1. The Balaban J connectivity index is 2.55. The van der Waals surface area contributed by atoms with Gasteiger partial charge in [-0.05, 0) is 0 Å². The van der Waals surface area contributed by atoms with Crippen molar-refractivity contribution in [1.82, 2.24) is 15.5 Å². The number of amides is 3. The molecular weight excluding hydrogens is 390 g/mol. The summed E-state index contributed by atoms with van der Waals surface area (Å²) in [5.41, 5.74) is 0. The van der Waals surface area contributed by atoms with E-state index in [0.717, 1.165) is 0 Å². The Morgan fingerprint density at radius 1 is 0.862 bits per heavy atom. The van der Waals surface area contributed by atoms with E-state index in [1.54, 1.807) is 4.90 Å². The summed E-state index contributed by atoms with van der Waals surface area (Å²) >= 11 is 0. The predicted molar refractivity (Wildman–Crippen MR) is 98.1 cm³/mol. The van der Waals surface area contributed by atoms with Crippen LogP contribution in [0, 0.1) is 0 Å². The number of carbonyl (C=O) groups is 4. The first-order valence-corrected chi connectivity index (χ1v) is 9.28. The first-order valence-electron chi connectivity index (χ1n) is 9.28. The van der Waals surface area contributed by atoms with Crippen molar-refractivity contribution < 1.29 is 43.2 Å². The maximum absolute atomic E-state index is 12.1. The zero-order valence-electron chi connectivity index (χ0n) is 16.7. The quantitative estimate of drug-likeness (QED) is 0.308. The standard InChI is InChI=1S/C17H29N3O9/c1-18-15(24)26-9-11-28-17(29-12-10-27-16(25)19-2)5-7-20(8-6-17)13(21)3-4-14(22)23/h3-12H2,1-2H3,(H,18,24)(H,19,25)(H,22,23). The summed E-state index contributed by atoms with van der Waals surface area (Å²) in [5.74, 6) is -2.29. The van der Waals surface area contributed by atoms with Gasteiger partial charge in [0.1, 0.15) is 13.2 Å². The molecule has 0 saturated carbocycles. The number of carboxylic acids is 1. The minimum absolute atomic E-state index is 0.0147. The fourth-order valence-electron chi connectivity index (χ4n) is 2.67. The number of alkyl carbamates (subject to hydrolysis) is 2. The molecule has 12 nitrogen and oxygen atoms in total. The van der Waals surface area contributed by atoms with Crippen LogP contribution in [0.1, 0.15) is 25.7 Å². The van der Waals surface area contributed by atoms with Crippen LogP contribution in [-0.2, 0) is 28.5 Å². The van der Waals surface area contributed by atoms with E-state index < -0.39 is 23.9 Å². The van der Waals surface area contributed by atoms with Gasteiger partial charge < -0.3 is 39.6 Å². The van der Waals surface area contributed by atoms with E-state index in [4.69, 9.17) is 24.1 Å². The molecule has 1 fully saturated rings. The van der Waals surface area contributed by atoms with Crippen LogP contribution in [0.5, 0.6) is 0 Å². The molecule has 1 saturated heterocycles. The smallest absolute Gasteiger partial charge is 0.406 e. The largest absolute Gasteiger partial charge is 0.481 e. The average Bonchev–Trinajstić information content (AvgIpc) is 2.72. The van der Waals surface area contributed by atoms with Gasteiger partial charge in [0.15, 0.2) is 5.79 Å². The first-order chi connectivity index (χ1) is 13.8. The normalized spacial score (nSPS) is 15.3. The monoisotopic (exact) mass is 419 g/mol. The number of nitrogens with zero attached hydrogens (tertiary/aromatic N) is 1. The third kappa shape index (κ3) is 9.43. The highest BCUT2D eigenvalue weighted by Gasteiger charge is 2.38. The molecule has 3 N–H and O–H groups in total. The van der Waals surface area contributed by atoms with E-state index in [2.05, 4.69) is 10.6 Å². The molecule has 1 aliphatic rings. The highest BCUT2D eigenvalue weighted by molar-refractivity contribution is 5.80. The summed E-state index contributed by atoms with van der Waals surface area (Å²) < 4.78 is 21.4. The summed E-state index contributed by atoms with van der Waals surface area (Å²) in [4.78, 5) is 46.5. The van der Waals surface area contributed by atoms with Crippen LogP contribution in [0.25, 0.3) is 0 Å². The van der Waals surface area contributed by atoms with E-state index >= 15 is 0 Å². The lowest BCUT2D eigenvalue weighted by atomic mass is 10.0. The Morgan fingerprint density at radius 2 is 1.34 bits per heavy atom. The third-order valence-electron chi connectivity index (χ3n) is 4.20. The fourth-order valence-corrected chi connectivity index (χ4v) is 2.67. The number of carboxylic acid groups (broad SMARTS) is 1. The van der Waals surface area contributed by atoms with Crippen LogP contribution < -0.4 is 10.6 Å². The molecule has 0 aromatic heterocycles. The van der Waals surface area contributed by atoms with Gasteiger partial charge >= 0.3 is 18.2 Å². The van der Waals surface area contributed by atoms with Crippen molar-refractivity contribution in [3.63, 3.8) is 0 Å². The van der Waals surface area contributed by atoms with Crippen LogP contribution in [0.2, 0.25) is 0 Å². The Kier molecular flexibility index (Phi) is 10.8. The molecule has 12 heteroatoms. The van der Waals surface area contributed by atoms with Gasteiger partial charge in [-0.25, -0.2) is 9.59 Å². The van der Waals surface area contributed by atoms with Crippen LogP contribution in [0.3, 0.4) is 0 Å². The molecule has 166 valence electrons. The van der Waals surface area contributed by atoms with Gasteiger partial charge in [0, 0.05) is 46.4 Å². The molecule has 29 heavy (non-hydrogen) atoms. The third-order valence-corrected chi connectivity index (χ3v) is 4.20. The van der Waals surface area contributed by atoms with Crippen LogP contribution in [-0.4, -0.2) is 93.5 Å². The lowest BCUT2D eigenvalue weighted by molar-refractivity contribution is -0.261. The molecule has 1 heterocycles. The molecular formula is C17H29N3O9. The number of hydrogen-bond donors (Lipinski definition) is 3. The molecule has 0 unspecified atom stereocenters. The first kappa shape index (κ1) is 24.4. The van der Waals surface area contributed by atoms with Crippen molar-refractivity contribution >= 4 is 24.1 Å². The summed E-state index contributed by atoms with van der Waals surface area (Å²) in [6.07, 6.45) is -0.773. The van der Waals surface area contributed by atoms with Gasteiger partial charge in [-0.15, -0.1) is 0 Å². The van der Waals surface area contributed by atoms with Gasteiger partial charge in [0.25, 0.3) is 0 Å². The van der Waals surface area contributed by atoms with Crippen LogP contribution in [0.4, 0.5) is 9.59 Å². The summed E-state index contributed by atoms with van der Waals surface area (Å²) in [6, 6.07) is 0. The highest BCUT2D eigenvalue weighted by Crippen LogP contribution is 2.28. The second-order valence-electron chi connectivity index (χ2n) is 6.15. The minimum Gasteiger partial charge on any atom is -0.481 e. The highest BCUT2D eigenvalue weighted by atomic mass is 16.7. The molecule has 3 amide bonds. The fraction of sp³-hybridized carbons (Fsp3) is 0.765. The van der Waals surface area contributed by atoms with Gasteiger partial charge in [0.2, 0.25) is 5.91 Å². The maximum atomic E-state index is 12.1. The molecule has 0 spiro atoms. The number of rotatable bonds is 11. The molecule has 1 aliphatic heterocycles. The predicted octanol–water partition coefficient (Wildman–Crippen LogP) is -0.0849. The van der Waals surface area contributed by atoms with Crippen LogP contribution in [0.15, 0.2) is 0 Å². The van der Waals surface area contributed by atoms with Crippen molar-refractivity contribution in [1.29, 1.82) is 0 Å². The van der Waals surface area contributed by atoms with Crippen molar-refractivity contribution in [2.24, 2.45) is 0 Å². The topological polar surface area (TPSA) is 153 Å². The van der Waals surface area contributed by atoms with E-state index in [0.29, 0.717) is 25.9 Å². The zero-order valence-corrected chi connectivity index (χ0v) is 16.7. The lowest BCUT2D eigenvalue weighted by Gasteiger charge is -2.41. The molecule has 0 aromatic rings. The Hall–Kier alpha value is -2.60. The van der Waals surface area contributed by atoms with E-state index in [1.807, 2.05) is 0 Å². The van der Waals surface area contributed by atoms with Crippen LogP contribution >= 0.6 is 0 Å². The summed E-state index contributed by atoms with van der Waals surface area (Å²) in [6.45, 7) is 0.838. The van der Waals surface area contributed by atoms with Crippen molar-refractivity contribution in [3.8, 4) is 0 Å². The van der Waals surface area contributed by atoms with E-state index in [9.17, 15) is 19.2 Å². The molecule has 0 aliphatic carbocycles. The minimum atomic E-state index is -1.03. The van der Waals surface area contributed by atoms with Gasteiger partial charge in [0.05, 0.1) is 19.6 Å². The second-order valence-corrected chi connectivity index (χ2v) is 6.15. The lowest BCUT2D eigenvalue weighted by Crippen LogP contribution is -2.50. The average molecular weight is 419 g/mol. The zero-order chi connectivity index (χ0) is 21.7. The number of carbonyl (C=O) groups excluding carboxylic acids is 3. The number of piperidine rings is 1. The van der Waals surface area contributed by atoms with Crippen molar-refractivity contribution in [2.45, 2.75) is 31.5 Å². The number of aliphatic carboxylic acids is 1. The second kappa shape index (κ2) is 12.8. The molecule has 0 atom stereocenters. The van der Waals surface area contributed by atoms with Crippen molar-refractivity contribution in [3.05, 3.63) is 0 Å². The van der Waals surface area contributed by atoms with Gasteiger partial charge in [-0.1, -0.05) is 0 Å². The van der Waals surface area contributed by atoms with Gasteiger partial charge in [-0.2, -0.15) is 0 Å². The molecule has 1 rings (SSSR count). The number of ether oxygens (including phenoxy) is 4. The molecule has 0 bridgehead atoms. The number of hydrogen-bond acceptors (Lipinski definition) is 8. The van der Waals surface area contributed by atoms with Crippen molar-refractivity contribution in [2.75, 3.05) is 53.6 Å². The molecule has 0 aromatic carbocycles. The SMILES string of the molecule is CNC(=O)OCCOC1(OCCOC(=O)NC)CCN(C(=O)CCC(=O)O)CC1. The summed E-state index contributed by atoms with van der Waals surface area (Å²) in [5, 5.41) is 13.3. The van der Waals surface area contributed by atoms with Gasteiger partial charge in [-0.3, -0.25) is 9.59 Å². The maximum Gasteiger partial charge on any atom is 0.406 e. The Morgan fingerprint density at radius 3 is 1.76 bits per heavy atom. The Labute approximate surface area is 168 Å². The number of nitrogens with one attached hydrogen (secondary N) is 2.